The van der Waals surface area contributed by atoms with Gasteiger partial charge in [0.05, 0.1) is 22.9 Å². The molecule has 0 aliphatic carbocycles. The highest BCUT2D eigenvalue weighted by atomic mass is 19.4. The van der Waals surface area contributed by atoms with E-state index in [9.17, 15) is 13.2 Å². The van der Waals surface area contributed by atoms with Crippen LogP contribution in [0.25, 0.3) is 0 Å². The van der Waals surface area contributed by atoms with E-state index in [0.29, 0.717) is 5.69 Å². The minimum absolute atomic E-state index is 0.0671. The van der Waals surface area contributed by atoms with Crippen molar-refractivity contribution in [2.45, 2.75) is 12.8 Å². The van der Waals surface area contributed by atoms with Crippen molar-refractivity contribution in [3.8, 4) is 11.8 Å². The van der Waals surface area contributed by atoms with Gasteiger partial charge in [-0.05, 0) is 24.3 Å². The van der Waals surface area contributed by atoms with Gasteiger partial charge in [0.15, 0.2) is 0 Å². The van der Waals surface area contributed by atoms with Crippen molar-refractivity contribution >= 4 is 0 Å². The third-order valence-electron chi connectivity index (χ3n) is 2.56. The summed E-state index contributed by atoms with van der Waals surface area (Å²) in [5.74, 6) is -0.317. The number of rotatable bonds is 3. The number of hydrogen-bond donors (Lipinski definition) is 0. The molecule has 0 aliphatic heterocycles. The maximum Gasteiger partial charge on any atom is 0.420 e. The van der Waals surface area contributed by atoms with Crippen LogP contribution in [0.1, 0.15) is 16.8 Å². The van der Waals surface area contributed by atoms with Crippen molar-refractivity contribution in [1.82, 2.24) is 9.78 Å². The van der Waals surface area contributed by atoms with Crippen LogP contribution < -0.4 is 4.74 Å². The Bertz CT molecular complexity index is 656. The Balaban J connectivity index is 2.25. The number of benzene rings is 1. The fraction of sp³-hybridized carbons (Fsp3) is 0.231. The lowest BCUT2D eigenvalue weighted by Crippen LogP contribution is -2.09. The number of nitriles is 1. The molecular weight excluding hydrogens is 271 g/mol. The third-order valence-corrected chi connectivity index (χ3v) is 2.56. The standard InChI is InChI=1S/C13H10F3N3O/c1-19-5-4-10(18-19)8-20-12-3-2-9(7-17)6-11(12)13(14,15)16/h2-6H,8H2,1H3. The predicted octanol–water partition coefficient (Wildman–Crippen LogP) is 2.89. The topological polar surface area (TPSA) is 50.8 Å². The summed E-state index contributed by atoms with van der Waals surface area (Å²) in [7, 11) is 1.70. The molecule has 0 unspecified atom stereocenters. The summed E-state index contributed by atoms with van der Waals surface area (Å²) >= 11 is 0. The Hall–Kier alpha value is -2.49. The average Bonchev–Trinajstić information content (AvgIpc) is 2.81. The molecule has 0 radical (unpaired) electrons. The van der Waals surface area contributed by atoms with Crippen LogP contribution in [0.15, 0.2) is 30.5 Å². The second-order valence-electron chi connectivity index (χ2n) is 4.09. The van der Waals surface area contributed by atoms with Gasteiger partial charge in [0.1, 0.15) is 12.4 Å². The van der Waals surface area contributed by atoms with Gasteiger partial charge in [-0.3, -0.25) is 4.68 Å². The lowest BCUT2D eigenvalue weighted by atomic mass is 10.1. The van der Waals surface area contributed by atoms with E-state index < -0.39 is 11.7 Å². The number of halogens is 3. The van der Waals surface area contributed by atoms with E-state index in [-0.39, 0.29) is 17.9 Å². The summed E-state index contributed by atoms with van der Waals surface area (Å²) in [5.41, 5.74) is -0.514. The van der Waals surface area contributed by atoms with Crippen LogP contribution >= 0.6 is 0 Å². The van der Waals surface area contributed by atoms with Crippen LogP contribution in [-0.4, -0.2) is 9.78 Å². The SMILES string of the molecule is Cn1ccc(COc2ccc(C#N)cc2C(F)(F)F)n1. The second-order valence-corrected chi connectivity index (χ2v) is 4.09. The van der Waals surface area contributed by atoms with Crippen molar-refractivity contribution in [2.75, 3.05) is 0 Å². The van der Waals surface area contributed by atoms with Gasteiger partial charge in [-0.2, -0.15) is 23.5 Å². The number of alkyl halides is 3. The molecule has 20 heavy (non-hydrogen) atoms. The molecule has 0 fully saturated rings. The summed E-state index contributed by atoms with van der Waals surface area (Å²) in [5, 5.41) is 12.7. The molecule has 1 aromatic carbocycles. The van der Waals surface area contributed by atoms with Crippen LogP contribution in [0.5, 0.6) is 5.75 Å². The van der Waals surface area contributed by atoms with E-state index in [1.165, 1.54) is 10.7 Å². The molecule has 104 valence electrons. The zero-order valence-corrected chi connectivity index (χ0v) is 10.5. The molecule has 0 N–H and O–H groups in total. The first-order valence-electron chi connectivity index (χ1n) is 5.63. The Kier molecular flexibility index (Phi) is 3.66. The quantitative estimate of drug-likeness (QED) is 0.869. The molecule has 7 heteroatoms. The molecule has 0 spiro atoms. The number of aromatic nitrogens is 2. The monoisotopic (exact) mass is 281 g/mol. The molecule has 0 atom stereocenters. The molecule has 0 bridgehead atoms. The maximum absolute atomic E-state index is 12.9. The smallest absolute Gasteiger partial charge is 0.420 e. The molecular formula is C13H10F3N3O. The zero-order valence-electron chi connectivity index (χ0n) is 10.5. The van der Waals surface area contributed by atoms with Crippen LogP contribution in [-0.2, 0) is 19.8 Å². The minimum atomic E-state index is -4.58. The lowest BCUT2D eigenvalue weighted by molar-refractivity contribution is -0.139. The molecule has 2 rings (SSSR count). The maximum atomic E-state index is 12.9. The fourth-order valence-electron chi connectivity index (χ4n) is 1.64. The normalized spacial score (nSPS) is 11.2. The van der Waals surface area contributed by atoms with Gasteiger partial charge in [-0.15, -0.1) is 0 Å². The highest BCUT2D eigenvalue weighted by molar-refractivity contribution is 5.43. The van der Waals surface area contributed by atoms with E-state index in [1.807, 2.05) is 0 Å². The van der Waals surface area contributed by atoms with E-state index in [0.717, 1.165) is 12.1 Å². The lowest BCUT2D eigenvalue weighted by Gasteiger charge is -2.13. The Morgan fingerprint density at radius 3 is 2.65 bits per heavy atom. The van der Waals surface area contributed by atoms with Gasteiger partial charge < -0.3 is 4.74 Å². The van der Waals surface area contributed by atoms with Crippen LogP contribution in [0.4, 0.5) is 13.2 Å². The highest BCUT2D eigenvalue weighted by Gasteiger charge is 2.34. The predicted molar refractivity (Wildman–Crippen MR) is 63.7 cm³/mol. The van der Waals surface area contributed by atoms with Crippen LogP contribution in [0.3, 0.4) is 0 Å². The Labute approximate surface area is 113 Å². The fourth-order valence-corrected chi connectivity index (χ4v) is 1.64. The molecule has 0 saturated carbocycles. The largest absolute Gasteiger partial charge is 0.487 e. The third kappa shape index (κ3) is 3.09. The van der Waals surface area contributed by atoms with Gasteiger partial charge >= 0.3 is 6.18 Å². The van der Waals surface area contributed by atoms with Crippen LogP contribution in [0, 0.1) is 11.3 Å². The van der Waals surface area contributed by atoms with Gasteiger partial charge in [0.25, 0.3) is 0 Å². The van der Waals surface area contributed by atoms with E-state index in [2.05, 4.69) is 5.10 Å². The van der Waals surface area contributed by atoms with E-state index >= 15 is 0 Å². The van der Waals surface area contributed by atoms with Gasteiger partial charge in [-0.1, -0.05) is 0 Å². The van der Waals surface area contributed by atoms with E-state index in [4.69, 9.17) is 10.00 Å². The molecule has 0 amide bonds. The molecule has 0 saturated heterocycles. The number of hydrogen-bond acceptors (Lipinski definition) is 3. The average molecular weight is 281 g/mol. The zero-order chi connectivity index (χ0) is 14.8. The first kappa shape index (κ1) is 13.9. The minimum Gasteiger partial charge on any atom is -0.487 e. The van der Waals surface area contributed by atoms with Crippen molar-refractivity contribution in [2.24, 2.45) is 7.05 Å². The first-order chi connectivity index (χ1) is 9.40. The summed E-state index contributed by atoms with van der Waals surface area (Å²) in [6, 6.07) is 6.52. The molecule has 1 heterocycles. The van der Waals surface area contributed by atoms with Crippen molar-refractivity contribution in [1.29, 1.82) is 5.26 Å². The van der Waals surface area contributed by atoms with Crippen molar-refractivity contribution in [3.63, 3.8) is 0 Å². The number of nitrogens with zero attached hydrogens (tertiary/aromatic N) is 3. The number of aryl methyl sites for hydroxylation is 1. The van der Waals surface area contributed by atoms with Gasteiger partial charge in [0.2, 0.25) is 0 Å². The number of ether oxygens (including phenoxy) is 1. The molecule has 2 aromatic rings. The second kappa shape index (κ2) is 5.25. The first-order valence-corrected chi connectivity index (χ1v) is 5.63. The van der Waals surface area contributed by atoms with Crippen molar-refractivity contribution in [3.05, 3.63) is 47.3 Å². The highest BCUT2D eigenvalue weighted by Crippen LogP contribution is 2.37. The van der Waals surface area contributed by atoms with Gasteiger partial charge in [0, 0.05) is 13.2 Å². The Morgan fingerprint density at radius 2 is 2.10 bits per heavy atom. The summed E-state index contributed by atoms with van der Waals surface area (Å²) in [6.45, 7) is -0.0736. The summed E-state index contributed by atoms with van der Waals surface area (Å²) in [4.78, 5) is 0. The molecule has 1 aromatic heterocycles. The Morgan fingerprint density at radius 1 is 1.35 bits per heavy atom. The summed E-state index contributed by atoms with van der Waals surface area (Å²) in [6.07, 6.45) is -2.91. The molecule has 4 nitrogen and oxygen atoms in total. The molecule has 0 aliphatic rings. The summed E-state index contributed by atoms with van der Waals surface area (Å²) < 4.78 is 45.3. The van der Waals surface area contributed by atoms with Crippen LogP contribution in [0.2, 0.25) is 0 Å². The van der Waals surface area contributed by atoms with Gasteiger partial charge in [-0.25, -0.2) is 0 Å². The van der Waals surface area contributed by atoms with E-state index in [1.54, 1.807) is 25.4 Å². The van der Waals surface area contributed by atoms with Crippen molar-refractivity contribution < 1.29 is 17.9 Å².